The van der Waals surface area contributed by atoms with Gasteiger partial charge >= 0.3 is 0 Å². The molecule has 1 saturated heterocycles. The van der Waals surface area contributed by atoms with Crippen molar-refractivity contribution >= 4 is 11.2 Å². The number of nitrogens with one attached hydrogen (secondary N) is 1. The van der Waals surface area contributed by atoms with E-state index in [0.29, 0.717) is 17.0 Å². The van der Waals surface area contributed by atoms with Crippen LogP contribution in [0.15, 0.2) is 23.1 Å². The molecule has 2 aromatic rings. The normalized spacial score (nSPS) is 15.8. The van der Waals surface area contributed by atoms with Gasteiger partial charge in [0.15, 0.2) is 5.65 Å². The molecule has 0 atom stereocenters. The van der Waals surface area contributed by atoms with Gasteiger partial charge in [0.2, 0.25) is 5.88 Å². The van der Waals surface area contributed by atoms with Crippen LogP contribution < -0.4 is 15.6 Å². The smallest absolute Gasteiger partial charge is 0.271 e. The minimum absolute atomic E-state index is 0.121. The van der Waals surface area contributed by atoms with Crippen LogP contribution in [0, 0.1) is 0 Å². The molecule has 3 rings (SSSR count). The molecule has 17 heavy (non-hydrogen) atoms. The lowest BCUT2D eigenvalue weighted by Crippen LogP contribution is -2.47. The Morgan fingerprint density at radius 3 is 2.94 bits per heavy atom. The summed E-state index contributed by atoms with van der Waals surface area (Å²) in [5, 5.41) is 3.14. The number of rotatable bonds is 2. The van der Waals surface area contributed by atoms with Gasteiger partial charge in [-0.05, 0) is 6.07 Å². The van der Waals surface area contributed by atoms with Crippen molar-refractivity contribution in [3.8, 4) is 5.88 Å². The Morgan fingerprint density at radius 2 is 2.29 bits per heavy atom. The zero-order chi connectivity index (χ0) is 11.8. The molecule has 1 aliphatic rings. The summed E-state index contributed by atoms with van der Waals surface area (Å²) in [4.78, 5) is 20.3. The van der Waals surface area contributed by atoms with Crippen molar-refractivity contribution in [1.29, 1.82) is 0 Å². The van der Waals surface area contributed by atoms with E-state index in [2.05, 4.69) is 15.3 Å². The first-order valence-corrected chi connectivity index (χ1v) is 5.42. The molecule has 0 aromatic carbocycles. The summed E-state index contributed by atoms with van der Waals surface area (Å²) in [5.74, 6) is 0.492. The SMILES string of the molecule is COc1ccc2ncc(=O)n(C3CNC3)c2n1. The fraction of sp³-hybridized carbons (Fsp3) is 0.364. The molecule has 1 aliphatic heterocycles. The zero-order valence-corrected chi connectivity index (χ0v) is 9.38. The highest BCUT2D eigenvalue weighted by atomic mass is 16.5. The fourth-order valence-corrected chi connectivity index (χ4v) is 1.92. The Hall–Kier alpha value is -1.95. The molecule has 0 amide bonds. The first kappa shape index (κ1) is 10.2. The molecule has 0 unspecified atom stereocenters. The van der Waals surface area contributed by atoms with Crippen LogP contribution in [-0.2, 0) is 0 Å². The molecule has 0 radical (unpaired) electrons. The minimum Gasteiger partial charge on any atom is -0.481 e. The summed E-state index contributed by atoms with van der Waals surface area (Å²) >= 11 is 0. The minimum atomic E-state index is -0.121. The van der Waals surface area contributed by atoms with Crippen LogP contribution in [0.4, 0.5) is 0 Å². The van der Waals surface area contributed by atoms with E-state index in [0.717, 1.165) is 13.1 Å². The van der Waals surface area contributed by atoms with Crippen molar-refractivity contribution < 1.29 is 4.74 Å². The molecule has 2 aromatic heterocycles. The standard InChI is InChI=1S/C11H12N4O2/c1-17-9-3-2-8-11(14-9)15(7-4-12-5-7)10(16)6-13-8/h2-3,6-7,12H,4-5H2,1H3. The Labute approximate surface area is 97.3 Å². The van der Waals surface area contributed by atoms with Crippen molar-refractivity contribution in [2.75, 3.05) is 20.2 Å². The summed E-state index contributed by atoms with van der Waals surface area (Å²) in [7, 11) is 1.55. The molecule has 1 N–H and O–H groups in total. The fourth-order valence-electron chi connectivity index (χ4n) is 1.92. The van der Waals surface area contributed by atoms with E-state index in [1.807, 2.05) is 6.07 Å². The van der Waals surface area contributed by atoms with Gasteiger partial charge in [-0.2, -0.15) is 4.98 Å². The zero-order valence-electron chi connectivity index (χ0n) is 9.38. The number of aromatic nitrogens is 3. The largest absolute Gasteiger partial charge is 0.481 e. The van der Waals surface area contributed by atoms with Crippen LogP contribution in [0.25, 0.3) is 11.2 Å². The Balaban J connectivity index is 2.28. The third-order valence-corrected chi connectivity index (χ3v) is 2.94. The van der Waals surface area contributed by atoms with Crippen LogP contribution >= 0.6 is 0 Å². The lowest BCUT2D eigenvalue weighted by molar-refractivity contribution is 0.341. The van der Waals surface area contributed by atoms with Gasteiger partial charge < -0.3 is 10.1 Å². The molecular weight excluding hydrogens is 220 g/mol. The van der Waals surface area contributed by atoms with E-state index >= 15 is 0 Å². The number of fused-ring (bicyclic) bond motifs is 1. The van der Waals surface area contributed by atoms with Crippen molar-refractivity contribution in [1.82, 2.24) is 19.9 Å². The molecule has 6 nitrogen and oxygen atoms in total. The van der Waals surface area contributed by atoms with Crippen LogP contribution in [0.1, 0.15) is 6.04 Å². The highest BCUT2D eigenvalue weighted by molar-refractivity contribution is 5.70. The quantitative estimate of drug-likeness (QED) is 0.785. The van der Waals surface area contributed by atoms with Crippen molar-refractivity contribution in [3.05, 3.63) is 28.7 Å². The van der Waals surface area contributed by atoms with Crippen molar-refractivity contribution in [2.24, 2.45) is 0 Å². The topological polar surface area (TPSA) is 69.0 Å². The van der Waals surface area contributed by atoms with Gasteiger partial charge in [0.1, 0.15) is 5.52 Å². The molecule has 3 heterocycles. The number of hydrogen-bond donors (Lipinski definition) is 1. The van der Waals surface area contributed by atoms with Crippen molar-refractivity contribution in [3.63, 3.8) is 0 Å². The summed E-state index contributed by atoms with van der Waals surface area (Å²) < 4.78 is 6.76. The average molecular weight is 232 g/mol. The molecule has 0 aliphatic carbocycles. The highest BCUT2D eigenvalue weighted by Gasteiger charge is 2.22. The molecule has 1 fully saturated rings. The van der Waals surface area contributed by atoms with E-state index in [4.69, 9.17) is 4.74 Å². The molecule has 6 heteroatoms. The van der Waals surface area contributed by atoms with Gasteiger partial charge in [0.25, 0.3) is 5.56 Å². The molecular formula is C11H12N4O2. The van der Waals surface area contributed by atoms with Gasteiger partial charge in [0, 0.05) is 19.2 Å². The number of ether oxygens (including phenoxy) is 1. The summed E-state index contributed by atoms with van der Waals surface area (Å²) in [5.41, 5.74) is 1.17. The summed E-state index contributed by atoms with van der Waals surface area (Å²) in [6.45, 7) is 1.58. The van der Waals surface area contributed by atoms with Gasteiger partial charge in [0.05, 0.1) is 19.3 Å². The number of pyridine rings is 1. The second-order valence-corrected chi connectivity index (χ2v) is 3.97. The molecule has 0 bridgehead atoms. The Bertz CT molecular complexity index is 618. The average Bonchev–Trinajstić information content (AvgIpc) is 2.30. The third-order valence-electron chi connectivity index (χ3n) is 2.94. The predicted octanol–water partition coefficient (Wildman–Crippen LogP) is -0.0556. The molecule has 88 valence electrons. The van der Waals surface area contributed by atoms with Crippen LogP contribution in [0.2, 0.25) is 0 Å². The maximum absolute atomic E-state index is 11.9. The highest BCUT2D eigenvalue weighted by Crippen LogP contribution is 2.17. The van der Waals surface area contributed by atoms with Crippen molar-refractivity contribution in [2.45, 2.75) is 6.04 Å². The van der Waals surface area contributed by atoms with E-state index in [-0.39, 0.29) is 11.6 Å². The number of hydrogen-bond acceptors (Lipinski definition) is 5. The number of nitrogens with zero attached hydrogens (tertiary/aromatic N) is 3. The first-order valence-electron chi connectivity index (χ1n) is 5.42. The van der Waals surface area contributed by atoms with Gasteiger partial charge in [-0.15, -0.1) is 0 Å². The maximum Gasteiger partial charge on any atom is 0.271 e. The molecule has 0 saturated carbocycles. The van der Waals surface area contributed by atoms with E-state index in [1.54, 1.807) is 17.7 Å². The van der Waals surface area contributed by atoms with E-state index in [9.17, 15) is 4.79 Å². The maximum atomic E-state index is 11.9. The van der Waals surface area contributed by atoms with Crippen LogP contribution in [0.5, 0.6) is 5.88 Å². The van der Waals surface area contributed by atoms with Crippen LogP contribution in [0.3, 0.4) is 0 Å². The summed E-state index contributed by atoms with van der Waals surface area (Å²) in [6.07, 6.45) is 1.34. The summed E-state index contributed by atoms with van der Waals surface area (Å²) in [6, 6.07) is 3.71. The van der Waals surface area contributed by atoms with Crippen LogP contribution in [-0.4, -0.2) is 34.7 Å². The third kappa shape index (κ3) is 1.57. The monoisotopic (exact) mass is 232 g/mol. The first-order chi connectivity index (χ1) is 8.29. The second-order valence-electron chi connectivity index (χ2n) is 3.97. The lowest BCUT2D eigenvalue weighted by Gasteiger charge is -2.29. The van der Waals surface area contributed by atoms with Gasteiger partial charge in [-0.1, -0.05) is 0 Å². The number of methoxy groups -OCH3 is 1. The molecule has 0 spiro atoms. The van der Waals surface area contributed by atoms with Gasteiger partial charge in [-0.25, -0.2) is 4.98 Å². The predicted molar refractivity (Wildman–Crippen MR) is 62.3 cm³/mol. The Kier molecular flexibility index (Phi) is 2.29. The lowest BCUT2D eigenvalue weighted by atomic mass is 10.2. The second kappa shape index (κ2) is 3.81. The van der Waals surface area contributed by atoms with E-state index in [1.165, 1.54) is 6.20 Å². The van der Waals surface area contributed by atoms with E-state index < -0.39 is 0 Å². The van der Waals surface area contributed by atoms with Gasteiger partial charge in [-0.3, -0.25) is 9.36 Å². The Morgan fingerprint density at radius 1 is 1.47 bits per heavy atom.